The molecule has 1 heterocycles. The van der Waals surface area contributed by atoms with Crippen LogP contribution in [0.15, 0.2) is 11.5 Å². The molecule has 0 fully saturated rings. The Kier molecular flexibility index (Phi) is 4.24. The highest BCUT2D eigenvalue weighted by Crippen LogP contribution is 2.15. The van der Waals surface area contributed by atoms with Crippen molar-refractivity contribution in [1.82, 2.24) is 20.1 Å². The quantitative estimate of drug-likeness (QED) is 0.717. The molecule has 1 rings (SSSR count). The van der Waals surface area contributed by atoms with E-state index >= 15 is 0 Å². The van der Waals surface area contributed by atoms with Crippen molar-refractivity contribution >= 4 is 11.8 Å². The van der Waals surface area contributed by atoms with Crippen molar-refractivity contribution in [2.45, 2.75) is 24.5 Å². The predicted octanol–water partition coefficient (Wildman–Crippen LogP) is 0.905. The number of nitrogens with zero attached hydrogens (tertiary/aromatic N) is 3. The maximum absolute atomic E-state index is 4.00. The first-order valence-corrected chi connectivity index (χ1v) is 5.40. The fraction of sp³-hybridized carbons (Fsp3) is 0.750. The Labute approximate surface area is 83.1 Å². The molecule has 0 aliphatic heterocycles. The topological polar surface area (TPSA) is 42.7 Å². The highest BCUT2D eigenvalue weighted by molar-refractivity contribution is 7.99. The van der Waals surface area contributed by atoms with E-state index in [1.165, 1.54) is 0 Å². The van der Waals surface area contributed by atoms with Crippen LogP contribution in [0, 0.1) is 0 Å². The molecule has 1 N–H and O–H groups in total. The molecule has 5 heteroatoms. The molecule has 0 radical (unpaired) electrons. The number of rotatable bonds is 5. The molecule has 0 aliphatic carbocycles. The first-order chi connectivity index (χ1) is 6.27. The van der Waals surface area contributed by atoms with Crippen LogP contribution in [-0.4, -0.2) is 33.6 Å². The van der Waals surface area contributed by atoms with Gasteiger partial charge in [0.25, 0.3) is 0 Å². The highest BCUT2D eigenvalue weighted by atomic mass is 32.2. The van der Waals surface area contributed by atoms with Crippen molar-refractivity contribution in [3.8, 4) is 0 Å². The van der Waals surface area contributed by atoms with E-state index in [2.05, 4.69) is 22.4 Å². The standard InChI is InChI=1S/C8H16N4S/c1-4-7(9-2)5-13-8-11-10-6-12(8)3/h6-7,9H,4-5H2,1-3H3. The minimum Gasteiger partial charge on any atom is -0.316 e. The van der Waals surface area contributed by atoms with Crippen LogP contribution in [0.1, 0.15) is 13.3 Å². The van der Waals surface area contributed by atoms with Crippen LogP contribution in [0.2, 0.25) is 0 Å². The molecular weight excluding hydrogens is 184 g/mol. The van der Waals surface area contributed by atoms with E-state index in [-0.39, 0.29) is 0 Å². The third-order valence-electron chi connectivity index (χ3n) is 1.98. The first kappa shape index (κ1) is 10.5. The summed E-state index contributed by atoms with van der Waals surface area (Å²) in [7, 11) is 3.95. The Morgan fingerprint density at radius 1 is 1.69 bits per heavy atom. The lowest BCUT2D eigenvalue weighted by molar-refractivity contribution is 0.600. The van der Waals surface area contributed by atoms with Gasteiger partial charge in [-0.25, -0.2) is 0 Å². The molecule has 0 aromatic carbocycles. The molecule has 1 aromatic heterocycles. The third kappa shape index (κ3) is 3.00. The normalized spacial score (nSPS) is 13.2. The summed E-state index contributed by atoms with van der Waals surface area (Å²) in [6, 6.07) is 0.557. The summed E-state index contributed by atoms with van der Waals surface area (Å²) in [5.74, 6) is 1.04. The zero-order valence-electron chi connectivity index (χ0n) is 8.32. The molecule has 1 unspecified atom stereocenters. The van der Waals surface area contributed by atoms with Crippen LogP contribution in [0.3, 0.4) is 0 Å². The fourth-order valence-electron chi connectivity index (χ4n) is 0.984. The average molecular weight is 200 g/mol. The van der Waals surface area contributed by atoms with E-state index in [1.54, 1.807) is 18.1 Å². The number of thioether (sulfide) groups is 1. The van der Waals surface area contributed by atoms with Gasteiger partial charge in [-0.2, -0.15) is 0 Å². The number of hydrogen-bond donors (Lipinski definition) is 1. The monoisotopic (exact) mass is 200 g/mol. The average Bonchev–Trinajstić information content (AvgIpc) is 2.54. The third-order valence-corrected chi connectivity index (χ3v) is 3.18. The smallest absolute Gasteiger partial charge is 0.190 e. The van der Waals surface area contributed by atoms with Crippen molar-refractivity contribution in [2.75, 3.05) is 12.8 Å². The number of hydrogen-bond acceptors (Lipinski definition) is 4. The minimum atomic E-state index is 0.557. The van der Waals surface area contributed by atoms with E-state index in [9.17, 15) is 0 Å². The molecule has 0 spiro atoms. The van der Waals surface area contributed by atoms with Gasteiger partial charge >= 0.3 is 0 Å². The van der Waals surface area contributed by atoms with E-state index in [1.807, 2.05) is 18.7 Å². The summed E-state index contributed by atoms with van der Waals surface area (Å²) < 4.78 is 1.94. The van der Waals surface area contributed by atoms with Gasteiger partial charge in [0.15, 0.2) is 5.16 Å². The molecule has 0 aliphatic rings. The van der Waals surface area contributed by atoms with Gasteiger partial charge in [-0.1, -0.05) is 18.7 Å². The van der Waals surface area contributed by atoms with E-state index in [0.717, 1.165) is 17.3 Å². The van der Waals surface area contributed by atoms with Crippen LogP contribution in [0.4, 0.5) is 0 Å². The minimum absolute atomic E-state index is 0.557. The van der Waals surface area contributed by atoms with E-state index in [4.69, 9.17) is 0 Å². The lowest BCUT2D eigenvalue weighted by atomic mass is 10.3. The highest BCUT2D eigenvalue weighted by Gasteiger charge is 2.06. The van der Waals surface area contributed by atoms with E-state index < -0.39 is 0 Å². The van der Waals surface area contributed by atoms with Crippen LogP contribution in [0.25, 0.3) is 0 Å². The lowest BCUT2D eigenvalue weighted by Gasteiger charge is -2.11. The largest absolute Gasteiger partial charge is 0.316 e. The van der Waals surface area contributed by atoms with Gasteiger partial charge < -0.3 is 9.88 Å². The van der Waals surface area contributed by atoms with Crippen molar-refractivity contribution in [1.29, 1.82) is 0 Å². The van der Waals surface area contributed by atoms with Crippen LogP contribution < -0.4 is 5.32 Å². The summed E-state index contributed by atoms with van der Waals surface area (Å²) in [5.41, 5.74) is 0. The Bertz CT molecular complexity index is 244. The van der Waals surface area contributed by atoms with Crippen molar-refractivity contribution in [2.24, 2.45) is 7.05 Å². The van der Waals surface area contributed by atoms with E-state index in [0.29, 0.717) is 6.04 Å². The Morgan fingerprint density at radius 3 is 2.92 bits per heavy atom. The van der Waals surface area contributed by atoms with Crippen molar-refractivity contribution < 1.29 is 0 Å². The van der Waals surface area contributed by atoms with Gasteiger partial charge in [0, 0.05) is 18.8 Å². The van der Waals surface area contributed by atoms with Gasteiger partial charge in [0.2, 0.25) is 0 Å². The molecule has 0 bridgehead atoms. The van der Waals surface area contributed by atoms with Gasteiger partial charge in [-0.15, -0.1) is 10.2 Å². The number of nitrogens with one attached hydrogen (secondary N) is 1. The van der Waals surface area contributed by atoms with Crippen LogP contribution in [0.5, 0.6) is 0 Å². The second-order valence-corrected chi connectivity index (χ2v) is 3.92. The van der Waals surface area contributed by atoms with Crippen LogP contribution >= 0.6 is 11.8 Å². The Hall–Kier alpha value is -0.550. The molecule has 0 saturated heterocycles. The second kappa shape index (κ2) is 5.24. The van der Waals surface area contributed by atoms with Gasteiger partial charge in [0.05, 0.1) is 0 Å². The second-order valence-electron chi connectivity index (χ2n) is 2.93. The summed E-state index contributed by atoms with van der Waals surface area (Å²) >= 11 is 1.74. The fourth-order valence-corrected chi connectivity index (χ4v) is 2.09. The zero-order valence-corrected chi connectivity index (χ0v) is 9.14. The first-order valence-electron chi connectivity index (χ1n) is 4.42. The molecule has 13 heavy (non-hydrogen) atoms. The summed E-state index contributed by atoms with van der Waals surface area (Å²) in [5, 5.41) is 12.1. The molecule has 4 nitrogen and oxygen atoms in total. The van der Waals surface area contributed by atoms with Gasteiger partial charge in [0.1, 0.15) is 6.33 Å². The molecule has 0 amide bonds. The molecule has 1 atom stereocenters. The lowest BCUT2D eigenvalue weighted by Crippen LogP contribution is -2.26. The molecule has 74 valence electrons. The molecular formula is C8H16N4S. The van der Waals surface area contributed by atoms with Crippen molar-refractivity contribution in [3.63, 3.8) is 0 Å². The summed E-state index contributed by atoms with van der Waals surface area (Å²) in [6.45, 7) is 2.18. The molecule has 1 aromatic rings. The zero-order chi connectivity index (χ0) is 9.68. The Morgan fingerprint density at radius 2 is 2.46 bits per heavy atom. The number of aryl methyl sites for hydroxylation is 1. The van der Waals surface area contributed by atoms with Gasteiger partial charge in [-0.05, 0) is 13.5 Å². The SMILES string of the molecule is CCC(CSc1nncn1C)NC. The Balaban J connectivity index is 2.38. The summed E-state index contributed by atoms with van der Waals surface area (Å²) in [6.07, 6.45) is 2.87. The summed E-state index contributed by atoms with van der Waals surface area (Å²) in [4.78, 5) is 0. The maximum atomic E-state index is 4.00. The van der Waals surface area contributed by atoms with Crippen molar-refractivity contribution in [3.05, 3.63) is 6.33 Å². The van der Waals surface area contributed by atoms with Gasteiger partial charge in [-0.3, -0.25) is 0 Å². The predicted molar refractivity (Wildman–Crippen MR) is 54.9 cm³/mol. The maximum Gasteiger partial charge on any atom is 0.190 e. The molecule has 0 saturated carbocycles. The number of aromatic nitrogens is 3. The van der Waals surface area contributed by atoms with Crippen LogP contribution in [-0.2, 0) is 7.05 Å².